The van der Waals surface area contributed by atoms with E-state index in [4.69, 9.17) is 11.6 Å². The Labute approximate surface area is 134 Å². The zero-order valence-corrected chi connectivity index (χ0v) is 14.5. The third kappa shape index (κ3) is 2.33. The fourth-order valence-electron chi connectivity index (χ4n) is 4.87. The van der Waals surface area contributed by atoms with Gasteiger partial charge >= 0.3 is 0 Å². The Morgan fingerprint density at radius 3 is 2.62 bits per heavy atom. The second-order valence-corrected chi connectivity index (χ2v) is 8.28. The highest BCUT2D eigenvalue weighted by molar-refractivity contribution is 6.30. The summed E-state index contributed by atoms with van der Waals surface area (Å²) in [6, 6.07) is 9.39. The normalized spacial score (nSPS) is 35.1. The van der Waals surface area contributed by atoms with Gasteiger partial charge in [0, 0.05) is 17.1 Å². The minimum Gasteiger partial charge on any atom is -0.307 e. The SMILES string of the molecule is CCC(NC1CC2CCC1(C)C2(C)C)c1cccc(Cl)c1. The molecule has 0 amide bonds. The first-order valence-electron chi connectivity index (χ1n) is 8.40. The number of rotatable bonds is 4. The molecule has 116 valence electrons. The van der Waals surface area contributed by atoms with E-state index in [9.17, 15) is 0 Å². The summed E-state index contributed by atoms with van der Waals surface area (Å²) in [5.74, 6) is 0.886. The van der Waals surface area contributed by atoms with Gasteiger partial charge in [-0.2, -0.15) is 0 Å². The monoisotopic (exact) mass is 305 g/mol. The largest absolute Gasteiger partial charge is 0.307 e. The molecule has 2 heteroatoms. The van der Waals surface area contributed by atoms with E-state index in [-0.39, 0.29) is 0 Å². The summed E-state index contributed by atoms with van der Waals surface area (Å²) >= 11 is 6.17. The van der Waals surface area contributed by atoms with Crippen LogP contribution in [0.2, 0.25) is 5.02 Å². The summed E-state index contributed by atoms with van der Waals surface area (Å²) in [4.78, 5) is 0. The predicted molar refractivity (Wildman–Crippen MR) is 90.6 cm³/mol. The lowest BCUT2D eigenvalue weighted by molar-refractivity contribution is 0.114. The third-order valence-corrected chi connectivity index (χ3v) is 7.09. The highest BCUT2D eigenvalue weighted by atomic mass is 35.5. The number of fused-ring (bicyclic) bond motifs is 2. The Kier molecular flexibility index (Phi) is 3.86. The fourth-order valence-corrected chi connectivity index (χ4v) is 5.07. The van der Waals surface area contributed by atoms with Gasteiger partial charge in [-0.25, -0.2) is 0 Å². The van der Waals surface area contributed by atoms with E-state index >= 15 is 0 Å². The quantitative estimate of drug-likeness (QED) is 0.764. The van der Waals surface area contributed by atoms with E-state index in [1.165, 1.54) is 24.8 Å². The molecular weight excluding hydrogens is 278 g/mol. The lowest BCUT2D eigenvalue weighted by Crippen LogP contribution is -2.45. The van der Waals surface area contributed by atoms with Crippen molar-refractivity contribution >= 4 is 11.6 Å². The maximum atomic E-state index is 6.17. The molecule has 0 aromatic heterocycles. The summed E-state index contributed by atoms with van der Waals surface area (Å²) in [5.41, 5.74) is 2.23. The number of hydrogen-bond donors (Lipinski definition) is 1. The average Bonchev–Trinajstić information content (AvgIpc) is 2.77. The first kappa shape index (κ1) is 15.4. The topological polar surface area (TPSA) is 12.0 Å². The van der Waals surface area contributed by atoms with Gasteiger partial charge in [0.2, 0.25) is 0 Å². The van der Waals surface area contributed by atoms with Gasteiger partial charge in [-0.05, 0) is 60.1 Å². The van der Waals surface area contributed by atoms with Crippen molar-refractivity contribution < 1.29 is 0 Å². The lowest BCUT2D eigenvalue weighted by atomic mass is 9.69. The van der Waals surface area contributed by atoms with E-state index in [2.05, 4.69) is 51.2 Å². The van der Waals surface area contributed by atoms with Crippen LogP contribution in [-0.4, -0.2) is 6.04 Å². The first-order chi connectivity index (χ1) is 9.88. The molecule has 1 aromatic carbocycles. The lowest BCUT2D eigenvalue weighted by Gasteiger charge is -2.41. The van der Waals surface area contributed by atoms with Gasteiger partial charge < -0.3 is 5.32 Å². The van der Waals surface area contributed by atoms with Gasteiger partial charge in [-0.1, -0.05) is 51.4 Å². The maximum Gasteiger partial charge on any atom is 0.0409 e. The second kappa shape index (κ2) is 5.28. The standard InChI is InChI=1S/C19H28ClN/c1-5-16(13-7-6-8-15(20)11-13)21-17-12-14-9-10-19(17,4)18(14,2)3/h6-8,11,14,16-17,21H,5,9-10,12H2,1-4H3. The Morgan fingerprint density at radius 1 is 1.33 bits per heavy atom. The van der Waals surface area contributed by atoms with Gasteiger partial charge in [0.1, 0.15) is 0 Å². The number of nitrogens with one attached hydrogen (secondary N) is 1. The van der Waals surface area contributed by atoms with E-state index in [1.54, 1.807) is 0 Å². The molecule has 2 fully saturated rings. The molecule has 1 N–H and O–H groups in total. The molecule has 21 heavy (non-hydrogen) atoms. The average molecular weight is 306 g/mol. The first-order valence-corrected chi connectivity index (χ1v) is 8.78. The van der Waals surface area contributed by atoms with Crippen LogP contribution in [0.5, 0.6) is 0 Å². The van der Waals surface area contributed by atoms with Crippen LogP contribution in [0.1, 0.15) is 65.0 Å². The second-order valence-electron chi connectivity index (χ2n) is 7.85. The van der Waals surface area contributed by atoms with E-state index in [1.807, 2.05) is 6.07 Å². The molecule has 0 spiro atoms. The van der Waals surface area contributed by atoms with Crippen molar-refractivity contribution in [3.63, 3.8) is 0 Å². The molecule has 0 aliphatic heterocycles. The van der Waals surface area contributed by atoms with Crippen molar-refractivity contribution in [3.8, 4) is 0 Å². The smallest absolute Gasteiger partial charge is 0.0409 e. The van der Waals surface area contributed by atoms with Crippen molar-refractivity contribution in [2.75, 3.05) is 0 Å². The molecule has 0 heterocycles. The molecule has 3 rings (SSSR count). The number of benzene rings is 1. The van der Waals surface area contributed by atoms with Gasteiger partial charge in [0.05, 0.1) is 0 Å². The molecule has 4 unspecified atom stereocenters. The molecule has 4 atom stereocenters. The Balaban J connectivity index is 1.80. The summed E-state index contributed by atoms with van der Waals surface area (Å²) < 4.78 is 0. The molecule has 2 bridgehead atoms. The van der Waals surface area contributed by atoms with Crippen LogP contribution >= 0.6 is 11.6 Å². The summed E-state index contributed by atoms with van der Waals surface area (Å²) in [5, 5.41) is 4.82. The molecule has 2 aliphatic rings. The predicted octanol–water partition coefficient (Wildman–Crippen LogP) is 5.60. The van der Waals surface area contributed by atoms with E-state index in [0.717, 1.165) is 17.4 Å². The molecule has 0 radical (unpaired) electrons. The zero-order valence-electron chi connectivity index (χ0n) is 13.7. The maximum absolute atomic E-state index is 6.17. The van der Waals surface area contributed by atoms with E-state index in [0.29, 0.717) is 22.9 Å². The number of halogens is 1. The van der Waals surface area contributed by atoms with Crippen LogP contribution in [-0.2, 0) is 0 Å². The van der Waals surface area contributed by atoms with E-state index < -0.39 is 0 Å². The molecule has 2 aliphatic carbocycles. The van der Waals surface area contributed by atoms with Crippen LogP contribution in [0.15, 0.2) is 24.3 Å². The van der Waals surface area contributed by atoms with Gasteiger partial charge in [0.25, 0.3) is 0 Å². The Morgan fingerprint density at radius 2 is 2.10 bits per heavy atom. The highest BCUT2D eigenvalue weighted by Crippen LogP contribution is 2.65. The summed E-state index contributed by atoms with van der Waals surface area (Å²) in [7, 11) is 0. The van der Waals surface area contributed by atoms with Crippen LogP contribution in [0.4, 0.5) is 0 Å². The van der Waals surface area contributed by atoms with Crippen molar-refractivity contribution in [2.45, 2.75) is 65.5 Å². The van der Waals surface area contributed by atoms with Crippen LogP contribution in [0.3, 0.4) is 0 Å². The van der Waals surface area contributed by atoms with Gasteiger partial charge in [-0.3, -0.25) is 0 Å². The highest BCUT2D eigenvalue weighted by Gasteiger charge is 2.61. The van der Waals surface area contributed by atoms with Crippen molar-refractivity contribution in [1.29, 1.82) is 0 Å². The minimum atomic E-state index is 0.417. The molecular formula is C19H28ClN. The molecule has 1 nitrogen and oxygen atoms in total. The van der Waals surface area contributed by atoms with Crippen molar-refractivity contribution in [1.82, 2.24) is 5.32 Å². The minimum absolute atomic E-state index is 0.417. The van der Waals surface area contributed by atoms with Gasteiger partial charge in [-0.15, -0.1) is 0 Å². The fraction of sp³-hybridized carbons (Fsp3) is 0.684. The van der Waals surface area contributed by atoms with Crippen LogP contribution < -0.4 is 5.32 Å². The zero-order chi connectivity index (χ0) is 15.3. The van der Waals surface area contributed by atoms with Gasteiger partial charge in [0.15, 0.2) is 0 Å². The third-order valence-electron chi connectivity index (χ3n) is 6.86. The number of hydrogen-bond acceptors (Lipinski definition) is 1. The molecule has 0 saturated heterocycles. The Bertz CT molecular complexity index is 524. The van der Waals surface area contributed by atoms with Crippen molar-refractivity contribution in [3.05, 3.63) is 34.9 Å². The van der Waals surface area contributed by atoms with Crippen LogP contribution in [0, 0.1) is 16.7 Å². The Hall–Kier alpha value is -0.530. The summed E-state index contributed by atoms with van der Waals surface area (Å²) in [6.07, 6.45) is 5.22. The summed E-state index contributed by atoms with van der Waals surface area (Å²) in [6.45, 7) is 9.72. The van der Waals surface area contributed by atoms with Crippen LogP contribution in [0.25, 0.3) is 0 Å². The molecule has 2 saturated carbocycles. The van der Waals surface area contributed by atoms with Crippen molar-refractivity contribution in [2.24, 2.45) is 16.7 Å². The molecule has 1 aromatic rings.